The average Bonchev–Trinajstić information content (AvgIpc) is 2.48. The van der Waals surface area contributed by atoms with E-state index in [9.17, 15) is 21.8 Å². The van der Waals surface area contributed by atoms with E-state index in [2.05, 4.69) is 0 Å². The molecule has 0 amide bonds. The summed E-state index contributed by atoms with van der Waals surface area (Å²) < 4.78 is 133. The first-order chi connectivity index (χ1) is 12.3. The molecule has 3 atom stereocenters. The molecule has 0 heterocycles. The van der Waals surface area contributed by atoms with Crippen LogP contribution in [0.25, 0.3) is 0 Å². The molecule has 0 aliphatic heterocycles. The van der Waals surface area contributed by atoms with Gasteiger partial charge in [0.25, 0.3) is 20.8 Å². The maximum absolute atomic E-state index is 15.4. The molecule has 1 rings (SSSR count). The van der Waals surface area contributed by atoms with E-state index in [1.165, 1.54) is 27.7 Å². The standard InChI is InChI=1S/C17H23F7O3S/c1-6-11(7-2)12-15(19,20)13(5,18)14(28(25,26)27,9-8-10(3)4)17(23,24)16(12,21)22/h10-12H,6-7H2,1-5H3,(H,25,26,27). The fraction of sp³-hybridized carbons (Fsp3) is 0.882. The minimum atomic E-state index is -6.56. The monoisotopic (exact) mass is 440 g/mol. The molecular weight excluding hydrogens is 417 g/mol. The molecule has 3 unspecified atom stereocenters. The van der Waals surface area contributed by atoms with Crippen LogP contribution in [0.3, 0.4) is 0 Å². The summed E-state index contributed by atoms with van der Waals surface area (Å²) in [5, 5.41) is 0. The smallest absolute Gasteiger partial charge is 0.284 e. The number of alkyl halides is 7. The summed E-state index contributed by atoms with van der Waals surface area (Å²) >= 11 is 0. The molecule has 164 valence electrons. The number of hydrogen-bond acceptors (Lipinski definition) is 2. The lowest BCUT2D eigenvalue weighted by Crippen LogP contribution is -2.83. The van der Waals surface area contributed by atoms with Crippen molar-refractivity contribution in [3.05, 3.63) is 0 Å². The van der Waals surface area contributed by atoms with Gasteiger partial charge in [-0.25, -0.2) is 13.2 Å². The van der Waals surface area contributed by atoms with E-state index in [0.29, 0.717) is 0 Å². The number of halogens is 7. The summed E-state index contributed by atoms with van der Waals surface area (Å²) in [4.78, 5) is 0. The molecule has 1 saturated carbocycles. The lowest BCUT2D eigenvalue weighted by molar-refractivity contribution is -0.366. The highest BCUT2D eigenvalue weighted by Crippen LogP contribution is 2.68. The van der Waals surface area contributed by atoms with Gasteiger partial charge in [-0.3, -0.25) is 4.55 Å². The van der Waals surface area contributed by atoms with Crippen LogP contribution in [0.4, 0.5) is 30.7 Å². The SMILES string of the molecule is CCC(CC)C1C(F)(F)C(C)(F)C(C#CC(C)C)(S(=O)(=O)O)C(F)(F)C1(F)F. The molecule has 1 aliphatic carbocycles. The normalized spacial score (nSPS) is 34.2. The van der Waals surface area contributed by atoms with Crippen LogP contribution in [0.5, 0.6) is 0 Å². The van der Waals surface area contributed by atoms with Crippen molar-refractivity contribution < 1.29 is 43.7 Å². The van der Waals surface area contributed by atoms with Crippen LogP contribution in [-0.2, 0) is 10.1 Å². The maximum Gasteiger partial charge on any atom is 0.346 e. The summed E-state index contributed by atoms with van der Waals surface area (Å²) in [5.41, 5.74) is -4.83. The third-order valence-electron chi connectivity index (χ3n) is 5.37. The van der Waals surface area contributed by atoms with Gasteiger partial charge >= 0.3 is 11.8 Å². The van der Waals surface area contributed by atoms with Gasteiger partial charge in [-0.05, 0) is 12.8 Å². The predicted octanol–water partition coefficient (Wildman–Crippen LogP) is 4.97. The second-order valence-corrected chi connectivity index (χ2v) is 9.02. The van der Waals surface area contributed by atoms with Gasteiger partial charge in [-0.1, -0.05) is 52.4 Å². The number of hydrogen-bond donors (Lipinski definition) is 1. The summed E-state index contributed by atoms with van der Waals surface area (Å²) in [6, 6.07) is 0. The van der Waals surface area contributed by atoms with Crippen molar-refractivity contribution in [1.82, 2.24) is 0 Å². The second kappa shape index (κ2) is 7.04. The van der Waals surface area contributed by atoms with Crippen molar-refractivity contribution in [1.29, 1.82) is 0 Å². The van der Waals surface area contributed by atoms with Gasteiger partial charge in [0.2, 0.25) is 5.67 Å². The molecule has 0 aromatic carbocycles. The Labute approximate surface area is 159 Å². The zero-order valence-corrected chi connectivity index (χ0v) is 16.8. The van der Waals surface area contributed by atoms with Crippen molar-refractivity contribution >= 4 is 10.1 Å². The van der Waals surface area contributed by atoms with Crippen LogP contribution in [-0.4, -0.2) is 41.2 Å². The van der Waals surface area contributed by atoms with Crippen molar-refractivity contribution in [2.45, 2.75) is 75.6 Å². The molecule has 3 nitrogen and oxygen atoms in total. The van der Waals surface area contributed by atoms with Crippen molar-refractivity contribution in [3.8, 4) is 11.8 Å². The van der Waals surface area contributed by atoms with Gasteiger partial charge in [0.1, 0.15) is 0 Å². The van der Waals surface area contributed by atoms with Gasteiger partial charge in [-0.15, -0.1) is 0 Å². The van der Waals surface area contributed by atoms with Crippen LogP contribution >= 0.6 is 0 Å². The van der Waals surface area contributed by atoms with Crippen LogP contribution in [0.2, 0.25) is 0 Å². The summed E-state index contributed by atoms with van der Waals surface area (Å²) in [6.07, 6.45) is -0.815. The minimum Gasteiger partial charge on any atom is -0.284 e. The first kappa shape index (κ1) is 25.0. The lowest BCUT2D eigenvalue weighted by Gasteiger charge is -2.56. The first-order valence-corrected chi connectivity index (χ1v) is 10.1. The van der Waals surface area contributed by atoms with Crippen molar-refractivity contribution in [3.63, 3.8) is 0 Å². The Balaban J connectivity index is 4.17. The van der Waals surface area contributed by atoms with Crippen molar-refractivity contribution in [2.75, 3.05) is 0 Å². The van der Waals surface area contributed by atoms with Gasteiger partial charge in [-0.2, -0.15) is 26.0 Å². The average molecular weight is 440 g/mol. The molecule has 1 aliphatic rings. The van der Waals surface area contributed by atoms with E-state index in [0.717, 1.165) is 5.92 Å². The third kappa shape index (κ3) is 2.93. The quantitative estimate of drug-likeness (QED) is 0.382. The Hall–Kier alpha value is -1.02. The van der Waals surface area contributed by atoms with E-state index >= 15 is 22.0 Å². The third-order valence-corrected chi connectivity index (χ3v) is 6.89. The fourth-order valence-corrected chi connectivity index (χ4v) is 5.01. The van der Waals surface area contributed by atoms with Crippen LogP contribution in [0.15, 0.2) is 0 Å². The fourth-order valence-electron chi connectivity index (χ4n) is 3.74. The van der Waals surface area contributed by atoms with Gasteiger partial charge < -0.3 is 0 Å². The molecular formula is C17H23F7O3S. The molecule has 1 fully saturated rings. The van der Waals surface area contributed by atoms with Gasteiger partial charge in [0.05, 0.1) is 5.92 Å². The largest absolute Gasteiger partial charge is 0.346 e. The molecule has 0 bridgehead atoms. The number of rotatable bonds is 4. The van der Waals surface area contributed by atoms with E-state index in [-0.39, 0.29) is 6.92 Å². The molecule has 0 aromatic rings. The van der Waals surface area contributed by atoms with Crippen LogP contribution < -0.4 is 0 Å². The zero-order chi connectivity index (χ0) is 22.6. The molecule has 1 N–H and O–H groups in total. The zero-order valence-electron chi connectivity index (χ0n) is 16.0. The molecule has 0 saturated heterocycles. The highest BCUT2D eigenvalue weighted by Gasteiger charge is 2.93. The van der Waals surface area contributed by atoms with E-state index in [4.69, 9.17) is 0 Å². The van der Waals surface area contributed by atoms with E-state index in [1.54, 1.807) is 5.92 Å². The predicted molar refractivity (Wildman–Crippen MR) is 88.8 cm³/mol. The summed E-state index contributed by atoms with van der Waals surface area (Å²) in [5.74, 6) is -20.3. The van der Waals surface area contributed by atoms with Crippen molar-refractivity contribution in [2.24, 2.45) is 17.8 Å². The Morgan fingerprint density at radius 2 is 1.39 bits per heavy atom. The topological polar surface area (TPSA) is 54.4 Å². The summed E-state index contributed by atoms with van der Waals surface area (Å²) in [7, 11) is -6.56. The highest BCUT2D eigenvalue weighted by atomic mass is 32.2. The molecule has 0 spiro atoms. The van der Waals surface area contributed by atoms with E-state index in [1.807, 2.05) is 0 Å². The highest BCUT2D eigenvalue weighted by molar-refractivity contribution is 7.87. The molecule has 11 heteroatoms. The Kier molecular flexibility index (Phi) is 6.29. The lowest BCUT2D eigenvalue weighted by atomic mass is 9.60. The van der Waals surface area contributed by atoms with Gasteiger partial charge in [0, 0.05) is 5.92 Å². The maximum atomic E-state index is 15.4. The Morgan fingerprint density at radius 1 is 0.964 bits per heavy atom. The van der Waals surface area contributed by atoms with Gasteiger partial charge in [0.15, 0.2) is 0 Å². The van der Waals surface area contributed by atoms with Crippen LogP contribution in [0, 0.1) is 29.6 Å². The second-order valence-electron chi connectivity index (χ2n) is 7.46. The Morgan fingerprint density at radius 3 is 1.71 bits per heavy atom. The molecule has 0 aromatic heterocycles. The Bertz CT molecular complexity index is 731. The summed E-state index contributed by atoms with van der Waals surface area (Å²) in [6.45, 7) is 4.58. The first-order valence-electron chi connectivity index (χ1n) is 8.63. The molecule has 28 heavy (non-hydrogen) atoms. The minimum absolute atomic E-state index is 0.228. The molecule has 0 radical (unpaired) electrons. The van der Waals surface area contributed by atoms with E-state index < -0.39 is 68.9 Å². The van der Waals surface area contributed by atoms with Crippen LogP contribution in [0.1, 0.15) is 47.5 Å².